The third-order valence-corrected chi connectivity index (χ3v) is 8.36. The summed E-state index contributed by atoms with van der Waals surface area (Å²) in [7, 11) is -3.46. The van der Waals surface area contributed by atoms with E-state index in [4.69, 9.17) is 14.6 Å². The molecule has 0 bridgehead atoms. The number of benzene rings is 1. The molecular formula is C26H25F3N6O5S. The molecule has 41 heavy (non-hydrogen) atoms. The number of alkyl halides is 3. The van der Waals surface area contributed by atoms with Crippen molar-refractivity contribution in [2.24, 2.45) is 5.92 Å². The first-order chi connectivity index (χ1) is 19.5. The van der Waals surface area contributed by atoms with Crippen LogP contribution in [0.1, 0.15) is 30.9 Å². The van der Waals surface area contributed by atoms with Gasteiger partial charge in [-0.1, -0.05) is 12.1 Å². The summed E-state index contributed by atoms with van der Waals surface area (Å²) in [4.78, 5) is 20.9. The minimum Gasteiger partial charge on any atom is -0.475 e. The molecule has 0 amide bonds. The first kappa shape index (κ1) is 29.7. The molecule has 1 saturated heterocycles. The van der Waals surface area contributed by atoms with Crippen LogP contribution in [0, 0.1) is 17.2 Å². The van der Waals surface area contributed by atoms with Gasteiger partial charge in [0.25, 0.3) is 0 Å². The van der Waals surface area contributed by atoms with Crippen molar-refractivity contribution in [1.82, 2.24) is 24.7 Å². The molecule has 1 aliphatic rings. The molecule has 2 N–H and O–H groups in total. The van der Waals surface area contributed by atoms with E-state index < -0.39 is 28.0 Å². The van der Waals surface area contributed by atoms with E-state index in [2.05, 4.69) is 26.1 Å². The van der Waals surface area contributed by atoms with Gasteiger partial charge in [-0.15, -0.1) is 0 Å². The normalized spacial score (nSPS) is 15.1. The average Bonchev–Trinajstić information content (AvgIpc) is 3.62. The van der Waals surface area contributed by atoms with Crippen molar-refractivity contribution in [1.29, 1.82) is 5.26 Å². The van der Waals surface area contributed by atoms with Gasteiger partial charge in [0.1, 0.15) is 12.0 Å². The molecule has 1 fully saturated rings. The number of rotatable bonds is 7. The highest BCUT2D eigenvalue weighted by Crippen LogP contribution is 2.29. The standard InChI is InChI=1S/C24H24N6O3S.C2HF3O2/c25-8-4-22(30-14-19(13-29-30)23-21-5-9-26-24(21)28-16-27-23)18-2-1-3-20(12-18)34(31,32)15-17-6-10-33-11-7-17;3-2(4,5)1(6)7/h1-3,5,9,12-14,16-17,22H,4,6-7,10-11,15H2,(H,26,27,28);(H,6,7). The lowest BCUT2D eigenvalue weighted by molar-refractivity contribution is -0.192. The van der Waals surface area contributed by atoms with Crippen LogP contribution in [0.5, 0.6) is 0 Å². The Morgan fingerprint density at radius 1 is 1.24 bits per heavy atom. The number of carboxylic acid groups (broad SMARTS) is 1. The number of aliphatic carboxylic acids is 1. The molecule has 4 heterocycles. The molecule has 5 rings (SSSR count). The minimum atomic E-state index is -5.08. The van der Waals surface area contributed by atoms with Crippen LogP contribution < -0.4 is 0 Å². The smallest absolute Gasteiger partial charge is 0.475 e. The van der Waals surface area contributed by atoms with Crippen molar-refractivity contribution in [3.63, 3.8) is 0 Å². The third kappa shape index (κ3) is 7.27. The molecular weight excluding hydrogens is 565 g/mol. The van der Waals surface area contributed by atoms with Crippen molar-refractivity contribution in [2.45, 2.75) is 36.4 Å². The van der Waals surface area contributed by atoms with E-state index in [1.807, 2.05) is 18.3 Å². The molecule has 0 radical (unpaired) electrons. The minimum absolute atomic E-state index is 0.101. The first-order valence-electron chi connectivity index (χ1n) is 12.4. The Balaban J connectivity index is 0.000000493. The van der Waals surface area contributed by atoms with Crippen molar-refractivity contribution in [3.05, 3.63) is 60.8 Å². The van der Waals surface area contributed by atoms with E-state index in [1.54, 1.807) is 35.3 Å². The fourth-order valence-corrected chi connectivity index (χ4v) is 6.17. The molecule has 0 saturated carbocycles. The topological polar surface area (TPSA) is 164 Å². The van der Waals surface area contributed by atoms with Crippen molar-refractivity contribution >= 4 is 26.8 Å². The summed E-state index contributed by atoms with van der Waals surface area (Å²) in [5.41, 5.74) is 2.98. The Morgan fingerprint density at radius 2 is 1.98 bits per heavy atom. The van der Waals surface area contributed by atoms with E-state index in [1.165, 1.54) is 6.33 Å². The van der Waals surface area contributed by atoms with Crippen LogP contribution >= 0.6 is 0 Å². The van der Waals surface area contributed by atoms with Crippen LogP contribution in [0.2, 0.25) is 0 Å². The zero-order chi connectivity index (χ0) is 29.6. The zero-order valence-electron chi connectivity index (χ0n) is 21.5. The van der Waals surface area contributed by atoms with Crippen molar-refractivity contribution in [3.8, 4) is 17.3 Å². The third-order valence-electron chi connectivity index (χ3n) is 6.47. The number of hydrogen-bond acceptors (Lipinski definition) is 8. The van der Waals surface area contributed by atoms with E-state index in [-0.39, 0.29) is 23.0 Å². The summed E-state index contributed by atoms with van der Waals surface area (Å²) < 4.78 is 65.0. The van der Waals surface area contributed by atoms with E-state index >= 15 is 0 Å². The highest BCUT2D eigenvalue weighted by molar-refractivity contribution is 7.91. The van der Waals surface area contributed by atoms with E-state index in [0.717, 1.165) is 40.7 Å². The molecule has 1 aliphatic heterocycles. The van der Waals surface area contributed by atoms with Crippen LogP contribution in [-0.2, 0) is 19.4 Å². The van der Waals surface area contributed by atoms with Gasteiger partial charge in [0.2, 0.25) is 0 Å². The molecule has 0 aliphatic carbocycles. The van der Waals surface area contributed by atoms with Gasteiger partial charge in [0, 0.05) is 36.6 Å². The summed E-state index contributed by atoms with van der Waals surface area (Å²) in [6.07, 6.45) is 3.40. The lowest BCUT2D eigenvalue weighted by Gasteiger charge is -2.22. The number of nitrogens with one attached hydrogen (secondary N) is 1. The number of nitrogens with zero attached hydrogens (tertiary/aromatic N) is 5. The lowest BCUT2D eigenvalue weighted by atomic mass is 10.0. The van der Waals surface area contributed by atoms with Gasteiger partial charge in [-0.25, -0.2) is 23.2 Å². The van der Waals surface area contributed by atoms with Gasteiger partial charge in [-0.2, -0.15) is 23.5 Å². The number of hydrogen-bond donors (Lipinski definition) is 2. The Morgan fingerprint density at radius 3 is 2.66 bits per heavy atom. The molecule has 0 spiro atoms. The maximum atomic E-state index is 13.1. The predicted octanol–water partition coefficient (Wildman–Crippen LogP) is 4.16. The van der Waals surface area contributed by atoms with Gasteiger partial charge in [0.05, 0.1) is 41.1 Å². The van der Waals surface area contributed by atoms with Gasteiger partial charge in [-0.05, 0) is 42.5 Å². The fourth-order valence-electron chi connectivity index (χ4n) is 4.42. The number of ether oxygens (including phenoxy) is 1. The predicted molar refractivity (Wildman–Crippen MR) is 139 cm³/mol. The Bertz CT molecular complexity index is 1660. The maximum absolute atomic E-state index is 13.1. The van der Waals surface area contributed by atoms with Gasteiger partial charge < -0.3 is 14.8 Å². The maximum Gasteiger partial charge on any atom is 0.490 e. The second kappa shape index (κ2) is 12.5. The van der Waals surface area contributed by atoms with E-state index in [0.29, 0.717) is 13.2 Å². The summed E-state index contributed by atoms with van der Waals surface area (Å²) in [6.45, 7) is 1.21. The van der Waals surface area contributed by atoms with Gasteiger partial charge in [-0.3, -0.25) is 4.68 Å². The number of H-pyrrole nitrogens is 1. The Kier molecular flexibility index (Phi) is 9.04. The highest BCUT2D eigenvalue weighted by atomic mass is 32.2. The number of carbonyl (C=O) groups is 1. The summed E-state index contributed by atoms with van der Waals surface area (Å²) >= 11 is 0. The van der Waals surface area contributed by atoms with Crippen molar-refractivity contribution in [2.75, 3.05) is 19.0 Å². The second-order valence-electron chi connectivity index (χ2n) is 9.26. The van der Waals surface area contributed by atoms with Crippen LogP contribution in [-0.4, -0.2) is 69.4 Å². The molecule has 1 aromatic carbocycles. The quantitative estimate of drug-likeness (QED) is 0.322. The van der Waals surface area contributed by atoms with Crippen molar-refractivity contribution < 1.29 is 36.2 Å². The molecule has 216 valence electrons. The van der Waals surface area contributed by atoms with Crippen LogP contribution in [0.15, 0.2) is 60.1 Å². The first-order valence-corrected chi connectivity index (χ1v) is 14.0. The average molecular weight is 591 g/mol. The van der Waals surface area contributed by atoms with Crippen LogP contribution in [0.3, 0.4) is 0 Å². The monoisotopic (exact) mass is 590 g/mol. The number of fused-ring (bicyclic) bond motifs is 1. The molecule has 1 unspecified atom stereocenters. The summed E-state index contributed by atoms with van der Waals surface area (Å²) in [5.74, 6) is -2.55. The van der Waals surface area contributed by atoms with E-state index in [9.17, 15) is 26.9 Å². The number of aromatic nitrogens is 5. The van der Waals surface area contributed by atoms with Crippen LogP contribution in [0.25, 0.3) is 22.3 Å². The lowest BCUT2D eigenvalue weighted by Crippen LogP contribution is -2.23. The highest BCUT2D eigenvalue weighted by Gasteiger charge is 2.38. The van der Waals surface area contributed by atoms with Crippen LogP contribution in [0.4, 0.5) is 13.2 Å². The molecule has 11 nitrogen and oxygen atoms in total. The number of halogens is 3. The van der Waals surface area contributed by atoms with Gasteiger partial charge >= 0.3 is 12.1 Å². The summed E-state index contributed by atoms with van der Waals surface area (Å²) in [6, 6.07) is 10.6. The molecule has 1 atom stereocenters. The second-order valence-corrected chi connectivity index (χ2v) is 11.3. The fraction of sp³-hybridized carbons (Fsp3) is 0.346. The Hall–Kier alpha value is -4.29. The Labute approximate surface area is 232 Å². The number of carboxylic acids is 1. The largest absolute Gasteiger partial charge is 0.490 e. The summed E-state index contributed by atoms with van der Waals surface area (Å²) in [5, 5.41) is 22.0. The van der Waals surface area contributed by atoms with Gasteiger partial charge in [0.15, 0.2) is 9.84 Å². The number of sulfone groups is 1. The number of aromatic amines is 1. The molecule has 4 aromatic rings. The molecule has 3 aromatic heterocycles. The number of nitriles is 1. The molecule has 15 heteroatoms. The SMILES string of the molecule is N#CCC(c1cccc(S(=O)(=O)CC2CCOCC2)c1)n1cc(-c2ncnc3[nH]ccc23)cn1.O=C(O)C(F)(F)F. The zero-order valence-corrected chi connectivity index (χ0v) is 22.3.